The van der Waals surface area contributed by atoms with E-state index < -0.39 is 0 Å². The highest BCUT2D eigenvalue weighted by Crippen LogP contribution is 2.31. The third-order valence-corrected chi connectivity index (χ3v) is 4.68. The predicted molar refractivity (Wildman–Crippen MR) is 95.0 cm³/mol. The van der Waals surface area contributed by atoms with Crippen LogP contribution >= 0.6 is 11.8 Å². The van der Waals surface area contributed by atoms with Crippen LogP contribution in [0.1, 0.15) is 36.4 Å². The van der Waals surface area contributed by atoms with E-state index in [9.17, 15) is 4.79 Å². The molecule has 3 rings (SSSR count). The molecule has 0 bridgehead atoms. The van der Waals surface area contributed by atoms with E-state index in [1.807, 2.05) is 38.1 Å². The highest BCUT2D eigenvalue weighted by molar-refractivity contribution is 7.98. The maximum Gasteiger partial charge on any atom is 0.287 e. The quantitative estimate of drug-likeness (QED) is 0.541. The molecule has 0 saturated carbocycles. The lowest BCUT2D eigenvalue weighted by molar-refractivity contribution is 0.0912. The Hall–Kier alpha value is -2.34. The number of aromatic nitrogens is 2. The molecule has 24 heavy (non-hydrogen) atoms. The molecule has 1 N–H and O–H groups in total. The van der Waals surface area contributed by atoms with Gasteiger partial charge in [0.25, 0.3) is 5.91 Å². The van der Waals surface area contributed by atoms with Crippen LogP contribution in [0.4, 0.5) is 0 Å². The second-order valence-electron chi connectivity index (χ2n) is 5.51. The average molecular weight is 341 g/mol. The first-order valence-corrected chi connectivity index (χ1v) is 8.88. The summed E-state index contributed by atoms with van der Waals surface area (Å²) in [6.07, 6.45) is 4.28. The molecule has 3 aromatic rings. The van der Waals surface area contributed by atoms with Crippen LogP contribution in [0.5, 0.6) is 0 Å². The van der Waals surface area contributed by atoms with E-state index in [0.29, 0.717) is 16.7 Å². The highest BCUT2D eigenvalue weighted by Gasteiger charge is 2.21. The van der Waals surface area contributed by atoms with E-state index in [2.05, 4.69) is 15.3 Å². The number of hydrogen-bond donors (Lipinski definition) is 1. The minimum Gasteiger partial charge on any atom is -0.451 e. The Morgan fingerprint density at radius 2 is 2.00 bits per heavy atom. The van der Waals surface area contributed by atoms with E-state index in [0.717, 1.165) is 23.0 Å². The molecule has 0 spiro atoms. The number of thioether (sulfide) groups is 1. The Morgan fingerprint density at radius 1 is 1.25 bits per heavy atom. The van der Waals surface area contributed by atoms with Gasteiger partial charge in [0.2, 0.25) is 0 Å². The molecule has 0 radical (unpaired) electrons. The smallest absolute Gasteiger partial charge is 0.287 e. The molecule has 2 heterocycles. The van der Waals surface area contributed by atoms with Gasteiger partial charge in [-0.25, -0.2) is 9.97 Å². The molecule has 0 aliphatic heterocycles. The van der Waals surface area contributed by atoms with Gasteiger partial charge in [0, 0.05) is 35.1 Å². The number of nitrogens with one attached hydrogen (secondary N) is 1. The molecule has 124 valence electrons. The summed E-state index contributed by atoms with van der Waals surface area (Å²) >= 11 is 1.49. The molecule has 5 nitrogen and oxygen atoms in total. The fraction of sp³-hybridized carbons (Fsp3) is 0.278. The van der Waals surface area contributed by atoms with Crippen molar-refractivity contribution in [1.82, 2.24) is 15.3 Å². The van der Waals surface area contributed by atoms with Gasteiger partial charge in [-0.05, 0) is 25.5 Å². The Labute approximate surface area is 144 Å². The number of carbonyl (C=O) groups excluding carboxylic acids is 1. The van der Waals surface area contributed by atoms with E-state index in [1.54, 1.807) is 18.5 Å². The summed E-state index contributed by atoms with van der Waals surface area (Å²) in [5, 5.41) is 4.60. The summed E-state index contributed by atoms with van der Waals surface area (Å²) < 4.78 is 5.83. The third-order valence-electron chi connectivity index (χ3n) is 3.78. The number of furan rings is 1. The Balaban J connectivity index is 1.91. The van der Waals surface area contributed by atoms with Crippen molar-refractivity contribution < 1.29 is 9.21 Å². The highest BCUT2D eigenvalue weighted by atomic mass is 32.2. The van der Waals surface area contributed by atoms with Gasteiger partial charge in [-0.3, -0.25) is 4.79 Å². The summed E-state index contributed by atoms with van der Waals surface area (Å²) in [4.78, 5) is 21.0. The monoisotopic (exact) mass is 341 g/mol. The van der Waals surface area contributed by atoms with E-state index >= 15 is 0 Å². The van der Waals surface area contributed by atoms with Crippen LogP contribution in [-0.4, -0.2) is 21.9 Å². The van der Waals surface area contributed by atoms with Gasteiger partial charge in [0.15, 0.2) is 10.9 Å². The third kappa shape index (κ3) is 3.59. The van der Waals surface area contributed by atoms with Gasteiger partial charge in [-0.1, -0.05) is 36.9 Å². The lowest BCUT2D eigenvalue weighted by atomic mass is 10.1. The molecule has 0 unspecified atom stereocenters. The maximum absolute atomic E-state index is 12.6. The summed E-state index contributed by atoms with van der Waals surface area (Å²) in [5.41, 5.74) is 1.60. The standard InChI is InChI=1S/C18H19N3O2S/c1-3-12(2)21-17(22)16-14(11-24-18-19-9-6-10-20-18)13-7-4-5-8-15(13)23-16/h4-10,12H,3,11H2,1-2H3,(H,21,22)/t12-/m1/s1. The van der Waals surface area contributed by atoms with Crippen molar-refractivity contribution in [3.8, 4) is 0 Å². The SMILES string of the molecule is CC[C@@H](C)NC(=O)c1oc2ccccc2c1CSc1ncccn1. The predicted octanol–water partition coefficient (Wildman–Crippen LogP) is 4.04. The summed E-state index contributed by atoms with van der Waals surface area (Å²) in [7, 11) is 0. The van der Waals surface area contributed by atoms with Crippen LogP contribution < -0.4 is 5.32 Å². The number of fused-ring (bicyclic) bond motifs is 1. The fourth-order valence-corrected chi connectivity index (χ4v) is 3.14. The van der Waals surface area contributed by atoms with Gasteiger partial charge < -0.3 is 9.73 Å². The van der Waals surface area contributed by atoms with E-state index in [1.165, 1.54) is 11.8 Å². The molecule has 0 fully saturated rings. The van der Waals surface area contributed by atoms with Crippen LogP contribution in [0.2, 0.25) is 0 Å². The summed E-state index contributed by atoms with van der Waals surface area (Å²) in [5.74, 6) is 0.773. The lowest BCUT2D eigenvalue weighted by Crippen LogP contribution is -2.32. The molecule has 0 aliphatic carbocycles. The van der Waals surface area contributed by atoms with Crippen molar-refractivity contribution >= 4 is 28.6 Å². The van der Waals surface area contributed by atoms with Gasteiger partial charge >= 0.3 is 0 Å². The van der Waals surface area contributed by atoms with Crippen LogP contribution in [-0.2, 0) is 5.75 Å². The number of rotatable bonds is 6. The van der Waals surface area contributed by atoms with Crippen LogP contribution in [0.15, 0.2) is 52.3 Å². The molecular weight excluding hydrogens is 322 g/mol. The van der Waals surface area contributed by atoms with Crippen molar-refractivity contribution in [1.29, 1.82) is 0 Å². The average Bonchev–Trinajstić information content (AvgIpc) is 2.99. The largest absolute Gasteiger partial charge is 0.451 e. The number of benzene rings is 1. The Bertz CT molecular complexity index is 833. The number of hydrogen-bond acceptors (Lipinski definition) is 5. The van der Waals surface area contributed by atoms with Crippen molar-refractivity contribution in [3.05, 3.63) is 54.0 Å². The van der Waals surface area contributed by atoms with Crippen molar-refractivity contribution in [2.24, 2.45) is 0 Å². The molecule has 1 aromatic carbocycles. The molecule has 2 aromatic heterocycles. The van der Waals surface area contributed by atoms with Gasteiger partial charge in [0.05, 0.1) is 0 Å². The first kappa shape index (κ1) is 16.5. The van der Waals surface area contributed by atoms with Gasteiger partial charge in [0.1, 0.15) is 5.58 Å². The van der Waals surface area contributed by atoms with E-state index in [4.69, 9.17) is 4.42 Å². The maximum atomic E-state index is 12.6. The molecule has 0 aliphatic rings. The first-order chi connectivity index (χ1) is 11.7. The zero-order chi connectivity index (χ0) is 16.9. The second-order valence-corrected chi connectivity index (χ2v) is 6.45. The molecular formula is C18H19N3O2S. The minimum absolute atomic E-state index is 0.101. The lowest BCUT2D eigenvalue weighted by Gasteiger charge is -2.10. The minimum atomic E-state index is -0.176. The Kier molecular flexibility index (Phi) is 5.15. The van der Waals surface area contributed by atoms with Crippen LogP contribution in [0.25, 0.3) is 11.0 Å². The first-order valence-electron chi connectivity index (χ1n) is 7.90. The second kappa shape index (κ2) is 7.49. The van der Waals surface area contributed by atoms with Crippen molar-refractivity contribution in [2.75, 3.05) is 0 Å². The topological polar surface area (TPSA) is 68.0 Å². The van der Waals surface area contributed by atoms with Crippen molar-refractivity contribution in [3.63, 3.8) is 0 Å². The fourth-order valence-electron chi connectivity index (χ4n) is 2.31. The molecule has 6 heteroatoms. The van der Waals surface area contributed by atoms with Crippen LogP contribution in [0.3, 0.4) is 0 Å². The number of carbonyl (C=O) groups is 1. The van der Waals surface area contributed by atoms with E-state index in [-0.39, 0.29) is 11.9 Å². The van der Waals surface area contributed by atoms with Gasteiger partial charge in [-0.15, -0.1) is 0 Å². The Morgan fingerprint density at radius 3 is 2.75 bits per heavy atom. The van der Waals surface area contributed by atoms with Gasteiger partial charge in [-0.2, -0.15) is 0 Å². The van der Waals surface area contributed by atoms with Crippen LogP contribution in [0, 0.1) is 0 Å². The molecule has 1 atom stereocenters. The molecule has 0 saturated heterocycles. The number of amides is 1. The normalized spacial score (nSPS) is 12.2. The number of nitrogens with zero attached hydrogens (tertiary/aromatic N) is 2. The summed E-state index contributed by atoms with van der Waals surface area (Å²) in [6.45, 7) is 4.01. The molecule has 1 amide bonds. The van der Waals surface area contributed by atoms with Crippen molar-refractivity contribution in [2.45, 2.75) is 37.2 Å². The summed E-state index contributed by atoms with van der Waals surface area (Å²) in [6, 6.07) is 9.58. The zero-order valence-corrected chi connectivity index (χ0v) is 14.5. The number of para-hydroxylation sites is 1. The zero-order valence-electron chi connectivity index (χ0n) is 13.7.